The normalized spacial score (nSPS) is 11.9. The van der Waals surface area contributed by atoms with Gasteiger partial charge in [-0.25, -0.2) is 4.79 Å². The van der Waals surface area contributed by atoms with E-state index in [1.54, 1.807) is 12.1 Å². The number of nitrogens with two attached hydrogens (primary N) is 1. The molecular formula is C12H15BrN2O3. The van der Waals surface area contributed by atoms with E-state index in [1.807, 2.05) is 6.92 Å². The lowest BCUT2D eigenvalue weighted by molar-refractivity contribution is -0.116. The summed E-state index contributed by atoms with van der Waals surface area (Å²) in [6, 6.07) is 4.55. The van der Waals surface area contributed by atoms with Crippen LogP contribution in [0.2, 0.25) is 0 Å². The molecule has 6 heteroatoms. The van der Waals surface area contributed by atoms with Crippen LogP contribution in [0.15, 0.2) is 22.7 Å². The van der Waals surface area contributed by atoms with Gasteiger partial charge in [-0.15, -0.1) is 0 Å². The number of carbonyl (C=O) groups excluding carboxylic acids is 1. The first-order valence-corrected chi connectivity index (χ1v) is 6.27. The number of hydrogen-bond donors (Lipinski definition) is 3. The Labute approximate surface area is 113 Å². The molecule has 1 unspecified atom stereocenters. The highest BCUT2D eigenvalue weighted by Gasteiger charge is 2.13. The van der Waals surface area contributed by atoms with E-state index in [2.05, 4.69) is 21.2 Å². The van der Waals surface area contributed by atoms with Gasteiger partial charge in [-0.3, -0.25) is 4.79 Å². The molecule has 98 valence electrons. The molecule has 0 aliphatic rings. The fraction of sp³-hybridized carbons (Fsp3) is 0.333. The van der Waals surface area contributed by atoms with Crippen LogP contribution in [0.1, 0.15) is 30.1 Å². The summed E-state index contributed by atoms with van der Waals surface area (Å²) in [5.41, 5.74) is 5.90. The molecule has 18 heavy (non-hydrogen) atoms. The Balaban J connectivity index is 2.79. The third-order valence-electron chi connectivity index (χ3n) is 2.31. The van der Waals surface area contributed by atoms with E-state index in [4.69, 9.17) is 10.8 Å². The molecule has 1 aromatic carbocycles. The summed E-state index contributed by atoms with van der Waals surface area (Å²) in [4.78, 5) is 22.6. The predicted octanol–water partition coefficient (Wildman–Crippen LogP) is 2.21. The summed E-state index contributed by atoms with van der Waals surface area (Å²) in [6.07, 6.45) is 0.825. The van der Waals surface area contributed by atoms with Gasteiger partial charge in [-0.05, 0) is 31.5 Å². The molecule has 0 heterocycles. The van der Waals surface area contributed by atoms with E-state index < -0.39 is 5.97 Å². The quantitative estimate of drug-likeness (QED) is 0.777. The SMILES string of the molecule is CC(N)CCC(=O)Nc1cc(Br)ccc1C(=O)O. The Morgan fingerprint density at radius 3 is 2.72 bits per heavy atom. The lowest BCUT2D eigenvalue weighted by Crippen LogP contribution is -2.20. The number of amides is 1. The van der Waals surface area contributed by atoms with Crippen LogP contribution in [0.25, 0.3) is 0 Å². The Morgan fingerprint density at radius 1 is 1.50 bits per heavy atom. The van der Waals surface area contributed by atoms with E-state index in [-0.39, 0.29) is 29.6 Å². The second-order valence-corrected chi connectivity index (χ2v) is 4.97. The maximum absolute atomic E-state index is 11.6. The van der Waals surface area contributed by atoms with Crippen molar-refractivity contribution in [3.05, 3.63) is 28.2 Å². The number of aromatic carboxylic acids is 1. The third kappa shape index (κ3) is 4.46. The largest absolute Gasteiger partial charge is 0.478 e. The molecular weight excluding hydrogens is 300 g/mol. The van der Waals surface area contributed by atoms with Crippen LogP contribution in [-0.4, -0.2) is 23.0 Å². The van der Waals surface area contributed by atoms with E-state index in [9.17, 15) is 9.59 Å². The molecule has 1 amide bonds. The molecule has 0 saturated carbocycles. The van der Waals surface area contributed by atoms with Gasteiger partial charge >= 0.3 is 5.97 Å². The first-order chi connectivity index (χ1) is 8.40. The van der Waals surface area contributed by atoms with E-state index in [0.717, 1.165) is 0 Å². The highest BCUT2D eigenvalue weighted by atomic mass is 79.9. The monoisotopic (exact) mass is 314 g/mol. The number of anilines is 1. The van der Waals surface area contributed by atoms with Gasteiger partial charge in [0, 0.05) is 16.9 Å². The number of carboxylic acids is 1. The van der Waals surface area contributed by atoms with Crippen LogP contribution in [0.5, 0.6) is 0 Å². The second kappa shape index (κ2) is 6.51. The van der Waals surface area contributed by atoms with Crippen molar-refractivity contribution in [1.29, 1.82) is 0 Å². The molecule has 0 bridgehead atoms. The standard InChI is InChI=1S/C12H15BrN2O3/c1-7(14)2-5-11(16)15-10-6-8(13)3-4-9(10)12(17)18/h3-4,6-7H,2,5,14H2,1H3,(H,15,16)(H,17,18). The zero-order valence-electron chi connectivity index (χ0n) is 9.94. The number of halogens is 1. The van der Waals surface area contributed by atoms with Crippen molar-refractivity contribution in [2.45, 2.75) is 25.8 Å². The van der Waals surface area contributed by atoms with Crippen LogP contribution < -0.4 is 11.1 Å². The van der Waals surface area contributed by atoms with Gasteiger partial charge < -0.3 is 16.2 Å². The Morgan fingerprint density at radius 2 is 2.17 bits per heavy atom. The van der Waals surface area contributed by atoms with Crippen molar-refractivity contribution >= 4 is 33.5 Å². The molecule has 1 rings (SSSR count). The fourth-order valence-electron chi connectivity index (χ4n) is 1.38. The lowest BCUT2D eigenvalue weighted by Gasteiger charge is -2.10. The van der Waals surface area contributed by atoms with Gasteiger partial charge in [-0.2, -0.15) is 0 Å². The maximum Gasteiger partial charge on any atom is 0.337 e. The molecule has 0 radical (unpaired) electrons. The summed E-state index contributed by atoms with van der Waals surface area (Å²) in [6.45, 7) is 1.81. The van der Waals surface area contributed by atoms with Crippen molar-refractivity contribution in [2.75, 3.05) is 5.32 Å². The minimum Gasteiger partial charge on any atom is -0.478 e. The van der Waals surface area contributed by atoms with Crippen LogP contribution in [0, 0.1) is 0 Å². The zero-order chi connectivity index (χ0) is 13.7. The van der Waals surface area contributed by atoms with Gasteiger partial charge in [0.1, 0.15) is 0 Å². The topological polar surface area (TPSA) is 92.4 Å². The predicted molar refractivity (Wildman–Crippen MR) is 72.6 cm³/mol. The molecule has 0 fully saturated rings. The average molecular weight is 315 g/mol. The Bertz CT molecular complexity index is 461. The highest BCUT2D eigenvalue weighted by Crippen LogP contribution is 2.21. The molecule has 1 aromatic rings. The number of benzene rings is 1. The number of nitrogens with one attached hydrogen (secondary N) is 1. The summed E-state index contributed by atoms with van der Waals surface area (Å²) >= 11 is 3.23. The zero-order valence-corrected chi connectivity index (χ0v) is 11.5. The number of rotatable bonds is 5. The third-order valence-corrected chi connectivity index (χ3v) is 2.81. The van der Waals surface area contributed by atoms with Crippen molar-refractivity contribution < 1.29 is 14.7 Å². The van der Waals surface area contributed by atoms with Crippen molar-refractivity contribution in [1.82, 2.24) is 0 Å². The maximum atomic E-state index is 11.6. The minimum atomic E-state index is -1.08. The summed E-state index contributed by atoms with van der Waals surface area (Å²) in [5.74, 6) is -1.32. The van der Waals surface area contributed by atoms with Gasteiger partial charge in [0.2, 0.25) is 5.91 Å². The molecule has 4 N–H and O–H groups in total. The van der Waals surface area contributed by atoms with Gasteiger partial charge in [0.25, 0.3) is 0 Å². The number of hydrogen-bond acceptors (Lipinski definition) is 3. The summed E-state index contributed by atoms with van der Waals surface area (Å²) < 4.78 is 0.704. The molecule has 0 aromatic heterocycles. The van der Waals surface area contributed by atoms with Crippen molar-refractivity contribution in [3.8, 4) is 0 Å². The van der Waals surface area contributed by atoms with E-state index in [1.165, 1.54) is 6.07 Å². The van der Waals surface area contributed by atoms with Crippen molar-refractivity contribution in [2.24, 2.45) is 5.73 Å². The van der Waals surface area contributed by atoms with Crippen LogP contribution >= 0.6 is 15.9 Å². The first kappa shape index (κ1) is 14.7. The Kier molecular flexibility index (Phi) is 5.30. The molecule has 0 aliphatic carbocycles. The minimum absolute atomic E-state index is 0.0581. The average Bonchev–Trinajstić information content (AvgIpc) is 2.26. The molecule has 0 spiro atoms. The molecule has 0 aliphatic heterocycles. The highest BCUT2D eigenvalue weighted by molar-refractivity contribution is 9.10. The molecule has 5 nitrogen and oxygen atoms in total. The summed E-state index contributed by atoms with van der Waals surface area (Å²) in [5, 5.41) is 11.6. The Hall–Kier alpha value is -1.40. The van der Waals surface area contributed by atoms with Gasteiger partial charge in [-0.1, -0.05) is 15.9 Å². The smallest absolute Gasteiger partial charge is 0.337 e. The van der Waals surface area contributed by atoms with E-state index in [0.29, 0.717) is 10.9 Å². The first-order valence-electron chi connectivity index (χ1n) is 5.48. The van der Waals surface area contributed by atoms with Crippen LogP contribution in [-0.2, 0) is 4.79 Å². The number of carbonyl (C=O) groups is 2. The van der Waals surface area contributed by atoms with E-state index >= 15 is 0 Å². The lowest BCUT2D eigenvalue weighted by atomic mass is 10.1. The fourth-order valence-corrected chi connectivity index (χ4v) is 1.74. The van der Waals surface area contributed by atoms with Crippen LogP contribution in [0.4, 0.5) is 5.69 Å². The van der Waals surface area contributed by atoms with Gasteiger partial charge in [0.15, 0.2) is 0 Å². The molecule has 1 atom stereocenters. The van der Waals surface area contributed by atoms with Crippen molar-refractivity contribution in [3.63, 3.8) is 0 Å². The second-order valence-electron chi connectivity index (χ2n) is 4.06. The number of carboxylic acid groups (broad SMARTS) is 1. The van der Waals surface area contributed by atoms with Crippen LogP contribution in [0.3, 0.4) is 0 Å². The molecule has 0 saturated heterocycles. The van der Waals surface area contributed by atoms with Gasteiger partial charge in [0.05, 0.1) is 11.3 Å². The summed E-state index contributed by atoms with van der Waals surface area (Å²) in [7, 11) is 0.